The molecule has 0 fully saturated rings. The fourth-order valence-corrected chi connectivity index (χ4v) is 2.31. The van der Waals surface area contributed by atoms with Gasteiger partial charge in [-0.1, -0.05) is 24.3 Å². The van der Waals surface area contributed by atoms with Crippen molar-refractivity contribution in [3.05, 3.63) is 77.7 Å². The fraction of sp³-hybridized carbons (Fsp3) is 0.111. The lowest BCUT2D eigenvalue weighted by Gasteiger charge is -2.07. The molecule has 0 aliphatic rings. The van der Waals surface area contributed by atoms with Gasteiger partial charge in [-0.25, -0.2) is 4.39 Å². The van der Waals surface area contributed by atoms with Crippen molar-refractivity contribution in [2.75, 3.05) is 12.4 Å². The van der Waals surface area contributed by atoms with Crippen LogP contribution in [0.5, 0.6) is 5.75 Å². The Bertz CT molecular complexity index is 843. The summed E-state index contributed by atoms with van der Waals surface area (Å²) in [6.07, 6.45) is 1.75. The maximum Gasteiger partial charge on any atom is 0.260 e. The zero-order valence-corrected chi connectivity index (χ0v) is 13.1. The molecule has 0 saturated heterocycles. The molecule has 0 unspecified atom stereocenters. The number of benzene rings is 2. The van der Waals surface area contributed by atoms with Crippen molar-refractivity contribution in [3.8, 4) is 5.75 Å². The van der Waals surface area contributed by atoms with E-state index >= 15 is 0 Å². The lowest BCUT2D eigenvalue weighted by Crippen LogP contribution is -2.14. The van der Waals surface area contributed by atoms with Crippen molar-refractivity contribution in [1.82, 2.24) is 9.78 Å². The maximum atomic E-state index is 12.9. The third-order valence-electron chi connectivity index (χ3n) is 3.49. The highest BCUT2D eigenvalue weighted by Crippen LogP contribution is 2.18. The smallest absolute Gasteiger partial charge is 0.260 e. The molecule has 0 aliphatic carbocycles. The van der Waals surface area contributed by atoms with Gasteiger partial charge >= 0.3 is 0 Å². The average molecular weight is 325 g/mol. The lowest BCUT2D eigenvalue weighted by atomic mass is 10.2. The van der Waals surface area contributed by atoms with Gasteiger partial charge in [-0.05, 0) is 29.8 Å². The van der Waals surface area contributed by atoms with E-state index in [1.165, 1.54) is 19.2 Å². The molecule has 0 aliphatic heterocycles. The van der Waals surface area contributed by atoms with Gasteiger partial charge in [0.1, 0.15) is 11.6 Å². The molecule has 1 N–H and O–H groups in total. The molecule has 3 aromatic rings. The second kappa shape index (κ2) is 6.95. The van der Waals surface area contributed by atoms with Crippen molar-refractivity contribution < 1.29 is 13.9 Å². The van der Waals surface area contributed by atoms with Crippen LogP contribution >= 0.6 is 0 Å². The number of amides is 1. The normalized spacial score (nSPS) is 10.4. The number of hydrogen-bond donors (Lipinski definition) is 1. The summed E-state index contributed by atoms with van der Waals surface area (Å²) in [5.74, 6) is 0.372. The van der Waals surface area contributed by atoms with Crippen LogP contribution in [-0.2, 0) is 6.54 Å². The highest BCUT2D eigenvalue weighted by atomic mass is 19.1. The number of methoxy groups -OCH3 is 1. The van der Waals surface area contributed by atoms with E-state index in [4.69, 9.17) is 4.74 Å². The molecule has 5 nitrogen and oxygen atoms in total. The number of aromatic nitrogens is 2. The van der Waals surface area contributed by atoms with E-state index in [9.17, 15) is 9.18 Å². The van der Waals surface area contributed by atoms with Gasteiger partial charge in [0.2, 0.25) is 0 Å². The minimum absolute atomic E-state index is 0.274. The van der Waals surface area contributed by atoms with Gasteiger partial charge in [0.05, 0.1) is 19.2 Å². The Morgan fingerprint density at radius 2 is 1.92 bits per heavy atom. The lowest BCUT2D eigenvalue weighted by molar-refractivity contribution is 0.102. The van der Waals surface area contributed by atoms with E-state index < -0.39 is 0 Å². The molecule has 0 bridgehead atoms. The van der Waals surface area contributed by atoms with E-state index in [0.29, 0.717) is 23.7 Å². The van der Waals surface area contributed by atoms with Crippen LogP contribution in [0.25, 0.3) is 0 Å². The summed E-state index contributed by atoms with van der Waals surface area (Å²) in [6, 6.07) is 14.9. The summed E-state index contributed by atoms with van der Waals surface area (Å²) < 4.78 is 19.8. The van der Waals surface area contributed by atoms with Gasteiger partial charge in [-0.15, -0.1) is 0 Å². The van der Waals surface area contributed by atoms with Crippen LogP contribution in [0, 0.1) is 5.82 Å². The van der Waals surface area contributed by atoms with Crippen LogP contribution in [-0.4, -0.2) is 22.8 Å². The van der Waals surface area contributed by atoms with E-state index in [-0.39, 0.29) is 11.7 Å². The van der Waals surface area contributed by atoms with Crippen molar-refractivity contribution in [1.29, 1.82) is 0 Å². The Kier molecular flexibility index (Phi) is 4.56. The maximum absolute atomic E-state index is 12.9. The first-order valence-electron chi connectivity index (χ1n) is 7.38. The SMILES string of the molecule is COc1ccccc1C(=O)Nc1ccn(Cc2ccc(F)cc2)n1. The van der Waals surface area contributed by atoms with Crippen molar-refractivity contribution >= 4 is 11.7 Å². The van der Waals surface area contributed by atoms with Crippen LogP contribution in [0.4, 0.5) is 10.2 Å². The van der Waals surface area contributed by atoms with Crippen LogP contribution in [0.3, 0.4) is 0 Å². The first-order valence-corrected chi connectivity index (χ1v) is 7.38. The largest absolute Gasteiger partial charge is 0.496 e. The standard InChI is InChI=1S/C18H16FN3O2/c1-24-16-5-3-2-4-15(16)18(23)20-17-10-11-22(21-17)12-13-6-8-14(19)9-7-13/h2-11H,12H2,1H3,(H,20,21,23). The first kappa shape index (κ1) is 15.7. The molecule has 0 spiro atoms. The fourth-order valence-electron chi connectivity index (χ4n) is 2.31. The molecule has 1 amide bonds. The number of para-hydroxylation sites is 1. The molecule has 0 radical (unpaired) electrons. The monoisotopic (exact) mass is 325 g/mol. The Hall–Kier alpha value is -3.15. The van der Waals surface area contributed by atoms with Gasteiger partial charge < -0.3 is 10.1 Å². The van der Waals surface area contributed by atoms with Gasteiger partial charge in [0, 0.05) is 12.3 Å². The minimum atomic E-state index is -0.292. The molecule has 0 saturated carbocycles. The van der Waals surface area contributed by atoms with Crippen LogP contribution in [0.2, 0.25) is 0 Å². The molecule has 122 valence electrons. The van der Waals surface area contributed by atoms with E-state index in [2.05, 4.69) is 10.4 Å². The quantitative estimate of drug-likeness (QED) is 0.783. The predicted octanol–water partition coefficient (Wildman–Crippen LogP) is 3.33. The third-order valence-corrected chi connectivity index (χ3v) is 3.49. The summed E-state index contributed by atoms with van der Waals surface area (Å²) in [5, 5.41) is 7.04. The highest BCUT2D eigenvalue weighted by Gasteiger charge is 2.12. The van der Waals surface area contributed by atoms with E-state index in [1.54, 1.807) is 53.3 Å². The molecular formula is C18H16FN3O2. The Labute approximate surface area is 138 Å². The minimum Gasteiger partial charge on any atom is -0.496 e. The molecule has 2 aromatic carbocycles. The van der Waals surface area contributed by atoms with Crippen molar-refractivity contribution in [2.24, 2.45) is 0 Å². The van der Waals surface area contributed by atoms with Crippen LogP contribution in [0.1, 0.15) is 15.9 Å². The number of carbonyl (C=O) groups is 1. The zero-order valence-electron chi connectivity index (χ0n) is 13.1. The summed E-state index contributed by atoms with van der Waals surface area (Å²) in [7, 11) is 1.52. The van der Waals surface area contributed by atoms with Gasteiger partial charge in [0.15, 0.2) is 5.82 Å². The number of nitrogens with zero attached hydrogens (tertiary/aromatic N) is 2. The van der Waals surface area contributed by atoms with E-state index in [0.717, 1.165) is 5.56 Å². The number of halogens is 1. The molecule has 24 heavy (non-hydrogen) atoms. The Balaban J connectivity index is 1.69. The van der Waals surface area contributed by atoms with Crippen LogP contribution < -0.4 is 10.1 Å². The molecule has 6 heteroatoms. The predicted molar refractivity (Wildman–Crippen MR) is 88.7 cm³/mol. The number of ether oxygens (including phenoxy) is 1. The molecular weight excluding hydrogens is 309 g/mol. The molecule has 0 atom stereocenters. The number of nitrogens with one attached hydrogen (secondary N) is 1. The van der Waals surface area contributed by atoms with Gasteiger partial charge in [-0.2, -0.15) is 5.10 Å². The summed E-state index contributed by atoms with van der Waals surface area (Å²) in [5.41, 5.74) is 1.36. The number of hydrogen-bond acceptors (Lipinski definition) is 3. The van der Waals surface area contributed by atoms with Crippen molar-refractivity contribution in [3.63, 3.8) is 0 Å². The second-order valence-corrected chi connectivity index (χ2v) is 5.18. The molecule has 1 heterocycles. The van der Waals surface area contributed by atoms with Gasteiger partial charge in [0.25, 0.3) is 5.91 Å². The number of carbonyl (C=O) groups excluding carboxylic acids is 1. The number of anilines is 1. The van der Waals surface area contributed by atoms with Gasteiger partial charge in [-0.3, -0.25) is 9.48 Å². The summed E-state index contributed by atoms with van der Waals surface area (Å²) >= 11 is 0. The molecule has 3 rings (SSSR count). The Morgan fingerprint density at radius 1 is 1.17 bits per heavy atom. The number of rotatable bonds is 5. The van der Waals surface area contributed by atoms with Crippen LogP contribution in [0.15, 0.2) is 60.8 Å². The molecule has 1 aromatic heterocycles. The first-order chi connectivity index (χ1) is 11.7. The average Bonchev–Trinajstić information content (AvgIpc) is 3.03. The summed E-state index contributed by atoms with van der Waals surface area (Å²) in [4.78, 5) is 12.3. The zero-order chi connectivity index (χ0) is 16.9. The Morgan fingerprint density at radius 3 is 2.67 bits per heavy atom. The van der Waals surface area contributed by atoms with Crippen molar-refractivity contribution in [2.45, 2.75) is 6.54 Å². The third kappa shape index (κ3) is 3.60. The van der Waals surface area contributed by atoms with E-state index in [1.807, 2.05) is 0 Å². The topological polar surface area (TPSA) is 56.1 Å². The second-order valence-electron chi connectivity index (χ2n) is 5.18. The highest BCUT2D eigenvalue weighted by molar-refractivity contribution is 6.05. The summed E-state index contributed by atoms with van der Waals surface area (Å²) in [6.45, 7) is 0.491.